The van der Waals surface area contributed by atoms with E-state index in [4.69, 9.17) is 11.6 Å². The molecule has 0 amide bonds. The van der Waals surface area contributed by atoms with Crippen LogP contribution < -0.4 is 0 Å². The molecule has 0 radical (unpaired) electrons. The molecule has 1 unspecified atom stereocenters. The normalized spacial score (nSPS) is 26.9. The van der Waals surface area contributed by atoms with Crippen molar-refractivity contribution in [3.05, 3.63) is 34.9 Å². The Balaban J connectivity index is 2.40. The van der Waals surface area contributed by atoms with Crippen LogP contribution >= 0.6 is 11.6 Å². The predicted octanol–water partition coefficient (Wildman–Crippen LogP) is 3.35. The van der Waals surface area contributed by atoms with Gasteiger partial charge in [0, 0.05) is 23.3 Å². The van der Waals surface area contributed by atoms with Crippen LogP contribution in [0, 0.1) is 0 Å². The number of halogens is 1. The predicted molar refractivity (Wildman–Crippen MR) is 57.7 cm³/mol. The van der Waals surface area contributed by atoms with Crippen LogP contribution in [0.3, 0.4) is 0 Å². The van der Waals surface area contributed by atoms with Gasteiger partial charge in [-0.25, -0.2) is 0 Å². The topological polar surface area (TPSA) is 17.1 Å². The smallest absolute Gasteiger partial charge is 0.133 e. The van der Waals surface area contributed by atoms with Crippen molar-refractivity contribution in [2.75, 3.05) is 0 Å². The molecule has 74 valence electrons. The molecule has 1 saturated carbocycles. The fourth-order valence-corrected chi connectivity index (χ4v) is 2.57. The molecule has 1 atom stereocenters. The lowest BCUT2D eigenvalue weighted by atomic mass is 9.81. The van der Waals surface area contributed by atoms with E-state index in [9.17, 15) is 4.79 Å². The van der Waals surface area contributed by atoms with Gasteiger partial charge < -0.3 is 0 Å². The van der Waals surface area contributed by atoms with E-state index >= 15 is 0 Å². The largest absolute Gasteiger partial charge is 0.300 e. The lowest BCUT2D eigenvalue weighted by Crippen LogP contribution is -2.18. The van der Waals surface area contributed by atoms with E-state index in [1.54, 1.807) is 0 Å². The first-order valence-electron chi connectivity index (χ1n) is 4.88. The Labute approximate surface area is 89.1 Å². The maximum absolute atomic E-state index is 11.3. The summed E-state index contributed by atoms with van der Waals surface area (Å²) in [6.45, 7) is 2.12. The molecule has 0 heterocycles. The van der Waals surface area contributed by atoms with Gasteiger partial charge in [0.15, 0.2) is 0 Å². The molecule has 1 aliphatic carbocycles. The van der Waals surface area contributed by atoms with Gasteiger partial charge in [0.2, 0.25) is 0 Å². The number of ketones is 1. The van der Waals surface area contributed by atoms with Gasteiger partial charge in [-0.1, -0.05) is 36.7 Å². The molecule has 2 rings (SSSR count). The second-order valence-corrected chi connectivity index (χ2v) is 4.66. The Morgan fingerprint density at radius 3 is 2.64 bits per heavy atom. The number of carbonyl (C=O) groups is 1. The number of hydrogen-bond acceptors (Lipinski definition) is 1. The average Bonchev–Trinajstić information content (AvgIpc) is 2.48. The summed E-state index contributed by atoms with van der Waals surface area (Å²) in [5, 5.41) is 0.782. The fraction of sp³-hybridized carbons (Fsp3) is 0.417. The van der Waals surface area contributed by atoms with Crippen molar-refractivity contribution >= 4 is 17.4 Å². The van der Waals surface area contributed by atoms with Gasteiger partial charge in [0.25, 0.3) is 0 Å². The molecule has 0 spiro atoms. The lowest BCUT2D eigenvalue weighted by Gasteiger charge is -2.24. The Hall–Kier alpha value is -0.820. The number of rotatable bonds is 1. The van der Waals surface area contributed by atoms with Crippen LogP contribution in [0.4, 0.5) is 0 Å². The molecule has 1 aromatic carbocycles. The molecule has 0 saturated heterocycles. The molecule has 14 heavy (non-hydrogen) atoms. The molecule has 1 aromatic rings. The minimum atomic E-state index is -0.0323. The lowest BCUT2D eigenvalue weighted by molar-refractivity contribution is -0.117. The molecular weight excluding hydrogens is 196 g/mol. The molecular formula is C12H13ClO. The first kappa shape index (κ1) is 9.72. The standard InChI is InChI=1S/C12H13ClO/c1-12(7-6-9(14)8-12)10-4-2-3-5-11(10)13/h2-5H,6-8H2,1H3. The van der Waals surface area contributed by atoms with Gasteiger partial charge in [-0.05, 0) is 18.1 Å². The van der Waals surface area contributed by atoms with E-state index in [1.165, 1.54) is 0 Å². The van der Waals surface area contributed by atoms with Gasteiger partial charge in [0.1, 0.15) is 5.78 Å². The minimum absolute atomic E-state index is 0.0323. The zero-order chi connectivity index (χ0) is 10.2. The third-order valence-corrected chi connectivity index (χ3v) is 3.40. The molecule has 1 aliphatic rings. The fourth-order valence-electron chi connectivity index (χ4n) is 2.21. The number of hydrogen-bond donors (Lipinski definition) is 0. The zero-order valence-electron chi connectivity index (χ0n) is 8.22. The van der Waals surface area contributed by atoms with E-state index in [-0.39, 0.29) is 5.41 Å². The first-order valence-corrected chi connectivity index (χ1v) is 5.26. The summed E-state index contributed by atoms with van der Waals surface area (Å²) in [5.41, 5.74) is 1.09. The van der Waals surface area contributed by atoms with Crippen molar-refractivity contribution in [3.8, 4) is 0 Å². The molecule has 2 heteroatoms. The van der Waals surface area contributed by atoms with Crippen LogP contribution in [-0.2, 0) is 10.2 Å². The highest BCUT2D eigenvalue weighted by Gasteiger charge is 2.36. The summed E-state index contributed by atoms with van der Waals surface area (Å²) in [6.07, 6.45) is 2.26. The maximum Gasteiger partial charge on any atom is 0.133 e. The van der Waals surface area contributed by atoms with Crippen molar-refractivity contribution in [1.82, 2.24) is 0 Å². The molecule has 0 N–H and O–H groups in total. The van der Waals surface area contributed by atoms with E-state index < -0.39 is 0 Å². The highest BCUT2D eigenvalue weighted by atomic mass is 35.5. The summed E-state index contributed by atoms with van der Waals surface area (Å²) >= 11 is 6.13. The third-order valence-electron chi connectivity index (χ3n) is 3.07. The molecule has 0 bridgehead atoms. The summed E-state index contributed by atoms with van der Waals surface area (Å²) in [6, 6.07) is 7.83. The van der Waals surface area contributed by atoms with Crippen LogP contribution in [0.5, 0.6) is 0 Å². The zero-order valence-corrected chi connectivity index (χ0v) is 8.97. The Morgan fingerprint density at radius 1 is 1.36 bits per heavy atom. The van der Waals surface area contributed by atoms with Crippen LogP contribution in [0.25, 0.3) is 0 Å². The van der Waals surface area contributed by atoms with Crippen LogP contribution in [0.2, 0.25) is 5.02 Å². The number of carbonyl (C=O) groups excluding carboxylic acids is 1. The summed E-state index contributed by atoms with van der Waals surface area (Å²) < 4.78 is 0. The second-order valence-electron chi connectivity index (χ2n) is 4.26. The summed E-state index contributed by atoms with van der Waals surface area (Å²) in [5.74, 6) is 0.354. The van der Waals surface area contributed by atoms with Crippen LogP contribution in [0.15, 0.2) is 24.3 Å². The van der Waals surface area contributed by atoms with Gasteiger partial charge in [-0.2, -0.15) is 0 Å². The van der Waals surface area contributed by atoms with Crippen LogP contribution in [0.1, 0.15) is 31.7 Å². The minimum Gasteiger partial charge on any atom is -0.300 e. The molecule has 1 nitrogen and oxygen atoms in total. The number of Topliss-reactive ketones (excluding diaryl/α,β-unsaturated/α-hetero) is 1. The molecule has 0 aromatic heterocycles. The van der Waals surface area contributed by atoms with Gasteiger partial charge in [-0.3, -0.25) is 4.79 Å². The molecule has 0 aliphatic heterocycles. The maximum atomic E-state index is 11.3. The van der Waals surface area contributed by atoms with Gasteiger partial charge >= 0.3 is 0 Å². The Kier molecular flexibility index (Phi) is 2.36. The van der Waals surface area contributed by atoms with E-state index in [1.807, 2.05) is 24.3 Å². The molecule has 1 fully saturated rings. The second kappa shape index (κ2) is 3.39. The SMILES string of the molecule is CC1(c2ccccc2Cl)CCC(=O)C1. The van der Waals surface area contributed by atoms with Gasteiger partial charge in [-0.15, -0.1) is 0 Å². The van der Waals surface area contributed by atoms with Gasteiger partial charge in [0.05, 0.1) is 0 Å². The first-order chi connectivity index (χ1) is 6.62. The highest BCUT2D eigenvalue weighted by molar-refractivity contribution is 6.31. The Morgan fingerprint density at radius 2 is 2.07 bits per heavy atom. The number of benzene rings is 1. The quantitative estimate of drug-likeness (QED) is 0.692. The van der Waals surface area contributed by atoms with E-state index in [0.717, 1.165) is 17.0 Å². The van der Waals surface area contributed by atoms with E-state index in [2.05, 4.69) is 6.92 Å². The summed E-state index contributed by atoms with van der Waals surface area (Å²) in [4.78, 5) is 11.3. The van der Waals surface area contributed by atoms with Crippen molar-refractivity contribution in [2.24, 2.45) is 0 Å². The van der Waals surface area contributed by atoms with Crippen LogP contribution in [-0.4, -0.2) is 5.78 Å². The van der Waals surface area contributed by atoms with Crippen molar-refractivity contribution in [2.45, 2.75) is 31.6 Å². The van der Waals surface area contributed by atoms with Crippen molar-refractivity contribution < 1.29 is 4.79 Å². The third kappa shape index (κ3) is 1.57. The van der Waals surface area contributed by atoms with Crippen molar-refractivity contribution in [1.29, 1.82) is 0 Å². The highest BCUT2D eigenvalue weighted by Crippen LogP contribution is 2.41. The summed E-state index contributed by atoms with van der Waals surface area (Å²) in [7, 11) is 0. The van der Waals surface area contributed by atoms with E-state index in [0.29, 0.717) is 18.6 Å². The average molecular weight is 209 g/mol. The monoisotopic (exact) mass is 208 g/mol. The van der Waals surface area contributed by atoms with Crippen molar-refractivity contribution in [3.63, 3.8) is 0 Å². The Bertz CT molecular complexity index is 372.